The summed E-state index contributed by atoms with van der Waals surface area (Å²) in [6.07, 6.45) is 3.54. The van der Waals surface area contributed by atoms with Gasteiger partial charge in [0.15, 0.2) is 0 Å². The van der Waals surface area contributed by atoms with Crippen molar-refractivity contribution in [2.75, 3.05) is 11.9 Å². The van der Waals surface area contributed by atoms with E-state index in [1.807, 2.05) is 0 Å². The first-order valence-corrected chi connectivity index (χ1v) is 5.77. The second kappa shape index (κ2) is 5.41. The van der Waals surface area contributed by atoms with Gasteiger partial charge < -0.3 is 5.73 Å². The van der Waals surface area contributed by atoms with E-state index < -0.39 is 0 Å². The summed E-state index contributed by atoms with van der Waals surface area (Å²) in [5, 5.41) is 12.3. The number of aromatic nitrogens is 4. The van der Waals surface area contributed by atoms with Crippen molar-refractivity contribution in [2.24, 2.45) is 5.73 Å². The predicted molar refractivity (Wildman–Crippen MR) is 62.7 cm³/mol. The maximum Gasteiger partial charge on any atom is 0.277 e. The van der Waals surface area contributed by atoms with Crippen LogP contribution in [0, 0.1) is 0 Å². The topological polar surface area (TPSA) is 107 Å². The Morgan fingerprint density at radius 3 is 3.06 bits per heavy atom. The number of carbonyl (C=O) groups is 1. The van der Waals surface area contributed by atoms with Crippen LogP contribution in [0.1, 0.15) is 15.5 Å². The molecule has 0 aliphatic carbocycles. The molecule has 2 heterocycles. The summed E-state index contributed by atoms with van der Waals surface area (Å²) in [5.74, 6) is -0.191. The van der Waals surface area contributed by atoms with Crippen LogP contribution >= 0.6 is 11.3 Å². The van der Waals surface area contributed by atoms with Crippen LogP contribution < -0.4 is 11.1 Å². The second-order valence-corrected chi connectivity index (χ2v) is 4.03. The normalized spacial score (nSPS) is 10.2. The highest BCUT2D eigenvalue weighted by molar-refractivity contribution is 7.09. The molecule has 17 heavy (non-hydrogen) atoms. The molecule has 7 nitrogen and oxygen atoms in total. The monoisotopic (exact) mass is 250 g/mol. The molecular formula is C9H10N6OS. The minimum Gasteiger partial charge on any atom is -0.330 e. The summed E-state index contributed by atoms with van der Waals surface area (Å²) in [6.45, 7) is 0.514. The van der Waals surface area contributed by atoms with E-state index in [2.05, 4.69) is 25.5 Å². The van der Waals surface area contributed by atoms with Crippen LogP contribution in [-0.2, 0) is 6.42 Å². The first-order valence-electron chi connectivity index (χ1n) is 4.89. The third-order valence-corrected chi connectivity index (χ3v) is 2.76. The summed E-state index contributed by atoms with van der Waals surface area (Å²) >= 11 is 1.40. The number of amides is 1. The fourth-order valence-electron chi connectivity index (χ4n) is 1.12. The van der Waals surface area contributed by atoms with Gasteiger partial charge in [-0.15, -0.1) is 16.4 Å². The molecule has 0 saturated heterocycles. The first kappa shape index (κ1) is 11.6. The minimum absolute atomic E-state index is 0.158. The van der Waals surface area contributed by atoms with Crippen LogP contribution in [0.15, 0.2) is 17.8 Å². The van der Waals surface area contributed by atoms with Gasteiger partial charge in [0.2, 0.25) is 5.95 Å². The van der Waals surface area contributed by atoms with Gasteiger partial charge in [-0.3, -0.25) is 10.1 Å². The molecule has 0 bridgehead atoms. The van der Waals surface area contributed by atoms with E-state index in [0.29, 0.717) is 18.7 Å². The fourth-order valence-corrected chi connectivity index (χ4v) is 1.92. The van der Waals surface area contributed by atoms with Gasteiger partial charge in [0.1, 0.15) is 5.69 Å². The van der Waals surface area contributed by atoms with Crippen LogP contribution in [0.3, 0.4) is 0 Å². The van der Waals surface area contributed by atoms with Crippen molar-refractivity contribution < 1.29 is 4.79 Å². The van der Waals surface area contributed by atoms with Gasteiger partial charge in [-0.05, 0) is 6.54 Å². The number of nitrogens with one attached hydrogen (secondary N) is 1. The average Bonchev–Trinajstić information content (AvgIpc) is 2.79. The number of rotatable bonds is 4. The summed E-state index contributed by atoms with van der Waals surface area (Å²) in [6, 6.07) is 0. The molecule has 0 aliphatic rings. The van der Waals surface area contributed by atoms with Crippen molar-refractivity contribution in [1.29, 1.82) is 0 Å². The van der Waals surface area contributed by atoms with E-state index in [9.17, 15) is 4.79 Å². The lowest BCUT2D eigenvalue weighted by Crippen LogP contribution is -2.15. The van der Waals surface area contributed by atoms with Crippen molar-refractivity contribution in [3.8, 4) is 0 Å². The summed E-state index contributed by atoms with van der Waals surface area (Å²) in [7, 11) is 0. The zero-order valence-electron chi connectivity index (χ0n) is 8.83. The highest BCUT2D eigenvalue weighted by Gasteiger charge is 2.11. The molecule has 0 aromatic carbocycles. The number of thiazole rings is 1. The van der Waals surface area contributed by atoms with E-state index in [1.165, 1.54) is 23.7 Å². The molecule has 88 valence electrons. The number of nitrogens with zero attached hydrogens (tertiary/aromatic N) is 4. The third-order valence-electron chi connectivity index (χ3n) is 1.85. The quantitative estimate of drug-likeness (QED) is 0.796. The molecule has 0 atom stereocenters. The van der Waals surface area contributed by atoms with Gasteiger partial charge in [-0.1, -0.05) is 0 Å². The van der Waals surface area contributed by atoms with Gasteiger partial charge >= 0.3 is 0 Å². The molecule has 0 unspecified atom stereocenters. The minimum atomic E-state index is -0.350. The summed E-state index contributed by atoms with van der Waals surface area (Å²) < 4.78 is 0. The maximum atomic E-state index is 11.7. The second-order valence-electron chi connectivity index (χ2n) is 3.09. The van der Waals surface area contributed by atoms with Crippen LogP contribution in [0.5, 0.6) is 0 Å². The standard InChI is InChI=1S/C9H10N6OS/c10-2-1-7-13-6(5-17-7)8(16)14-9-11-3-4-12-15-9/h3-5H,1-2,10H2,(H,11,14,15,16). The smallest absolute Gasteiger partial charge is 0.277 e. The van der Waals surface area contributed by atoms with Crippen molar-refractivity contribution >= 4 is 23.2 Å². The number of carbonyl (C=O) groups excluding carboxylic acids is 1. The number of nitrogens with two attached hydrogens (primary N) is 1. The Bertz CT molecular complexity index is 499. The predicted octanol–water partition coefficient (Wildman–Crippen LogP) is 0.0816. The molecule has 0 fully saturated rings. The highest BCUT2D eigenvalue weighted by Crippen LogP contribution is 2.10. The lowest BCUT2D eigenvalue weighted by molar-refractivity contribution is 0.102. The molecule has 0 spiro atoms. The van der Waals surface area contributed by atoms with Crippen molar-refractivity contribution in [2.45, 2.75) is 6.42 Å². The zero-order chi connectivity index (χ0) is 12.1. The van der Waals surface area contributed by atoms with Gasteiger partial charge in [-0.25, -0.2) is 9.97 Å². The van der Waals surface area contributed by atoms with E-state index >= 15 is 0 Å². The van der Waals surface area contributed by atoms with Crippen LogP contribution in [0.25, 0.3) is 0 Å². The van der Waals surface area contributed by atoms with E-state index in [1.54, 1.807) is 5.38 Å². The molecular weight excluding hydrogens is 240 g/mol. The maximum absolute atomic E-state index is 11.7. The molecule has 1 amide bonds. The van der Waals surface area contributed by atoms with Gasteiger partial charge in [0.25, 0.3) is 5.91 Å². The molecule has 3 N–H and O–H groups in total. The summed E-state index contributed by atoms with van der Waals surface area (Å²) in [4.78, 5) is 19.7. The molecule has 2 rings (SSSR count). The number of anilines is 1. The fraction of sp³-hybridized carbons (Fsp3) is 0.222. The van der Waals surface area contributed by atoms with Gasteiger partial charge in [0.05, 0.1) is 17.4 Å². The molecule has 8 heteroatoms. The molecule has 0 saturated carbocycles. The Hall–Kier alpha value is -1.93. The van der Waals surface area contributed by atoms with Crippen LogP contribution in [0.4, 0.5) is 5.95 Å². The van der Waals surface area contributed by atoms with E-state index in [0.717, 1.165) is 5.01 Å². The van der Waals surface area contributed by atoms with E-state index in [4.69, 9.17) is 5.73 Å². The van der Waals surface area contributed by atoms with Crippen molar-refractivity contribution in [3.05, 3.63) is 28.5 Å². The van der Waals surface area contributed by atoms with Gasteiger partial charge in [0, 0.05) is 11.8 Å². The molecule has 2 aromatic heterocycles. The molecule has 2 aromatic rings. The Balaban J connectivity index is 2.04. The molecule has 0 aliphatic heterocycles. The zero-order valence-corrected chi connectivity index (χ0v) is 9.65. The summed E-state index contributed by atoms with van der Waals surface area (Å²) in [5.41, 5.74) is 5.75. The number of hydrogen-bond donors (Lipinski definition) is 2. The SMILES string of the molecule is NCCc1nc(C(=O)Nc2nccnn2)cs1. The Morgan fingerprint density at radius 2 is 2.35 bits per heavy atom. The molecule has 0 radical (unpaired) electrons. The van der Waals surface area contributed by atoms with Crippen molar-refractivity contribution in [1.82, 2.24) is 20.2 Å². The largest absolute Gasteiger partial charge is 0.330 e. The highest BCUT2D eigenvalue weighted by atomic mass is 32.1. The van der Waals surface area contributed by atoms with Crippen LogP contribution in [0.2, 0.25) is 0 Å². The van der Waals surface area contributed by atoms with E-state index in [-0.39, 0.29) is 11.9 Å². The Kier molecular flexibility index (Phi) is 3.68. The Morgan fingerprint density at radius 1 is 1.47 bits per heavy atom. The third kappa shape index (κ3) is 3.02. The van der Waals surface area contributed by atoms with Gasteiger partial charge in [-0.2, -0.15) is 5.10 Å². The average molecular weight is 250 g/mol. The van der Waals surface area contributed by atoms with Crippen LogP contribution in [-0.4, -0.2) is 32.6 Å². The lowest BCUT2D eigenvalue weighted by Gasteiger charge is -1.98. The first-order chi connectivity index (χ1) is 8.29. The lowest BCUT2D eigenvalue weighted by atomic mass is 10.4. The Labute approximate surface area is 101 Å². The number of hydrogen-bond acceptors (Lipinski definition) is 7. The van der Waals surface area contributed by atoms with Crippen molar-refractivity contribution in [3.63, 3.8) is 0 Å².